The molecule has 136 valence electrons. The maximum Gasteiger partial charge on any atom is 0.343 e. The fourth-order valence-corrected chi connectivity index (χ4v) is 4.75. The fourth-order valence-electron chi connectivity index (χ4n) is 3.46. The molecule has 0 amide bonds. The summed E-state index contributed by atoms with van der Waals surface area (Å²) >= 11 is 1.43. The SMILES string of the molecule is Cc1c(Cn2nc[nH]c2=O)sc2c1c(=O)n(C1CC1)c(=O)n2CC1CC1. The zero-order valence-corrected chi connectivity index (χ0v) is 15.2. The van der Waals surface area contributed by atoms with Gasteiger partial charge in [-0.05, 0) is 44.1 Å². The minimum atomic E-state index is -0.285. The van der Waals surface area contributed by atoms with E-state index >= 15 is 0 Å². The van der Waals surface area contributed by atoms with Gasteiger partial charge in [0.2, 0.25) is 0 Å². The van der Waals surface area contributed by atoms with Crippen LogP contribution in [0.25, 0.3) is 10.2 Å². The van der Waals surface area contributed by atoms with Crippen molar-refractivity contribution in [1.82, 2.24) is 23.9 Å². The van der Waals surface area contributed by atoms with Crippen molar-refractivity contribution in [3.05, 3.63) is 48.1 Å². The second kappa shape index (κ2) is 5.54. The van der Waals surface area contributed by atoms with Crippen molar-refractivity contribution in [3.8, 4) is 0 Å². The smallest absolute Gasteiger partial charge is 0.295 e. The lowest BCUT2D eigenvalue weighted by molar-refractivity contribution is 0.555. The molecule has 0 saturated heterocycles. The highest BCUT2D eigenvalue weighted by molar-refractivity contribution is 7.18. The van der Waals surface area contributed by atoms with Gasteiger partial charge in [-0.3, -0.25) is 18.9 Å². The normalized spacial score (nSPS) is 17.3. The van der Waals surface area contributed by atoms with Crippen LogP contribution in [0.4, 0.5) is 0 Å². The molecule has 1 N–H and O–H groups in total. The Bertz CT molecular complexity index is 1190. The van der Waals surface area contributed by atoms with Crippen LogP contribution in [0.2, 0.25) is 0 Å². The van der Waals surface area contributed by atoms with Crippen molar-refractivity contribution in [1.29, 1.82) is 0 Å². The van der Waals surface area contributed by atoms with E-state index in [4.69, 9.17) is 0 Å². The molecule has 3 aromatic heterocycles. The minimum Gasteiger partial charge on any atom is -0.295 e. The Kier molecular flexibility index (Phi) is 3.37. The van der Waals surface area contributed by atoms with Crippen molar-refractivity contribution in [2.24, 2.45) is 5.92 Å². The molecule has 8 nitrogen and oxygen atoms in total. The molecule has 0 bridgehead atoms. The summed E-state index contributed by atoms with van der Waals surface area (Å²) in [4.78, 5) is 42.0. The van der Waals surface area contributed by atoms with Crippen LogP contribution in [0.1, 0.15) is 42.2 Å². The number of aryl methyl sites for hydroxylation is 1. The number of hydrogen-bond donors (Lipinski definition) is 1. The summed E-state index contributed by atoms with van der Waals surface area (Å²) in [6, 6.07) is 0.0431. The summed E-state index contributed by atoms with van der Waals surface area (Å²) in [5, 5.41) is 4.63. The third-order valence-corrected chi connectivity index (χ3v) is 6.60. The molecule has 0 radical (unpaired) electrons. The average molecular weight is 373 g/mol. The summed E-state index contributed by atoms with van der Waals surface area (Å²) < 4.78 is 4.58. The number of aromatic amines is 1. The average Bonchev–Trinajstić information content (AvgIpc) is 3.52. The minimum absolute atomic E-state index is 0.0431. The lowest BCUT2D eigenvalue weighted by Gasteiger charge is -2.11. The van der Waals surface area contributed by atoms with E-state index in [1.807, 2.05) is 6.92 Å². The molecule has 0 aromatic carbocycles. The first-order chi connectivity index (χ1) is 12.5. The van der Waals surface area contributed by atoms with Crippen LogP contribution in [-0.2, 0) is 13.1 Å². The zero-order valence-electron chi connectivity index (χ0n) is 14.4. The number of H-pyrrole nitrogens is 1. The summed E-state index contributed by atoms with van der Waals surface area (Å²) in [5.41, 5.74) is 0.201. The van der Waals surface area contributed by atoms with E-state index in [2.05, 4.69) is 10.1 Å². The zero-order chi connectivity index (χ0) is 18.0. The van der Waals surface area contributed by atoms with Crippen LogP contribution >= 0.6 is 11.3 Å². The lowest BCUT2D eigenvalue weighted by atomic mass is 10.2. The molecular weight excluding hydrogens is 354 g/mol. The molecule has 0 spiro atoms. The summed E-state index contributed by atoms with van der Waals surface area (Å²) in [6.07, 6.45) is 5.41. The molecule has 2 aliphatic carbocycles. The van der Waals surface area contributed by atoms with E-state index in [9.17, 15) is 14.4 Å². The Labute approximate surface area is 151 Å². The monoisotopic (exact) mass is 373 g/mol. The predicted octanol–water partition coefficient (Wildman–Crippen LogP) is 1.21. The van der Waals surface area contributed by atoms with E-state index in [0.717, 1.165) is 41.0 Å². The second-order valence-corrected chi connectivity index (χ2v) is 8.41. The number of nitrogens with one attached hydrogen (secondary N) is 1. The first kappa shape index (κ1) is 15.8. The van der Waals surface area contributed by atoms with Gasteiger partial charge in [0.1, 0.15) is 11.2 Å². The highest BCUT2D eigenvalue weighted by atomic mass is 32.1. The van der Waals surface area contributed by atoms with E-state index in [1.165, 1.54) is 26.9 Å². The van der Waals surface area contributed by atoms with Gasteiger partial charge in [-0.1, -0.05) is 0 Å². The Morgan fingerprint density at radius 3 is 2.62 bits per heavy atom. The maximum atomic E-state index is 13.1. The van der Waals surface area contributed by atoms with Crippen molar-refractivity contribution in [2.45, 2.75) is 51.7 Å². The molecule has 2 saturated carbocycles. The van der Waals surface area contributed by atoms with E-state index in [0.29, 0.717) is 24.4 Å². The van der Waals surface area contributed by atoms with Crippen LogP contribution in [0.15, 0.2) is 20.7 Å². The Morgan fingerprint density at radius 2 is 2.00 bits per heavy atom. The number of thiophene rings is 1. The molecule has 9 heteroatoms. The molecule has 3 aromatic rings. The van der Waals surface area contributed by atoms with Gasteiger partial charge in [0.25, 0.3) is 5.56 Å². The van der Waals surface area contributed by atoms with Gasteiger partial charge in [-0.25, -0.2) is 14.3 Å². The van der Waals surface area contributed by atoms with Crippen LogP contribution in [0.5, 0.6) is 0 Å². The van der Waals surface area contributed by atoms with Gasteiger partial charge in [0, 0.05) is 17.5 Å². The topological polar surface area (TPSA) is 94.7 Å². The van der Waals surface area contributed by atoms with Gasteiger partial charge in [0.05, 0.1) is 11.9 Å². The van der Waals surface area contributed by atoms with Crippen LogP contribution in [0, 0.1) is 12.8 Å². The number of fused-ring (bicyclic) bond motifs is 1. The van der Waals surface area contributed by atoms with Crippen molar-refractivity contribution < 1.29 is 0 Å². The molecular formula is C17H19N5O3S. The van der Waals surface area contributed by atoms with Gasteiger partial charge in [0.15, 0.2) is 0 Å². The summed E-state index contributed by atoms with van der Waals surface area (Å²) in [5.74, 6) is 0.529. The number of aromatic nitrogens is 5. The van der Waals surface area contributed by atoms with E-state index in [1.54, 1.807) is 4.57 Å². The van der Waals surface area contributed by atoms with Crippen LogP contribution in [0.3, 0.4) is 0 Å². The lowest BCUT2D eigenvalue weighted by Crippen LogP contribution is -2.39. The molecule has 0 aliphatic heterocycles. The highest BCUT2D eigenvalue weighted by Crippen LogP contribution is 2.36. The summed E-state index contributed by atoms with van der Waals surface area (Å²) in [6.45, 7) is 2.87. The second-order valence-electron chi connectivity index (χ2n) is 7.32. The Balaban J connectivity index is 1.74. The first-order valence-corrected chi connectivity index (χ1v) is 9.74. The molecule has 5 rings (SSSR count). The van der Waals surface area contributed by atoms with Gasteiger partial charge in [-0.2, -0.15) is 5.10 Å². The molecule has 3 heterocycles. The standard InChI is InChI=1S/C17H19N5O3S/c1-9-12(7-21-16(24)18-8-19-21)26-15-13(9)14(23)22(11-4-5-11)17(25)20(15)6-10-2-3-10/h8,10-11H,2-7H2,1H3,(H,18,19,24). The van der Waals surface area contributed by atoms with Crippen LogP contribution in [-0.4, -0.2) is 23.9 Å². The highest BCUT2D eigenvalue weighted by Gasteiger charge is 2.32. The molecule has 2 aliphatic rings. The number of rotatable bonds is 5. The fraction of sp³-hybridized carbons (Fsp3) is 0.529. The Hall–Kier alpha value is -2.42. The van der Waals surface area contributed by atoms with Crippen molar-refractivity contribution in [3.63, 3.8) is 0 Å². The predicted molar refractivity (Wildman–Crippen MR) is 98.0 cm³/mol. The van der Waals surface area contributed by atoms with Gasteiger partial charge >= 0.3 is 11.4 Å². The van der Waals surface area contributed by atoms with E-state index in [-0.39, 0.29) is 23.0 Å². The molecule has 26 heavy (non-hydrogen) atoms. The third-order valence-electron chi connectivity index (χ3n) is 5.30. The Morgan fingerprint density at radius 1 is 1.23 bits per heavy atom. The summed E-state index contributed by atoms with van der Waals surface area (Å²) in [7, 11) is 0. The van der Waals surface area contributed by atoms with E-state index < -0.39 is 0 Å². The van der Waals surface area contributed by atoms with Crippen LogP contribution < -0.4 is 16.9 Å². The number of hydrogen-bond acceptors (Lipinski definition) is 5. The maximum absolute atomic E-state index is 13.1. The van der Waals surface area contributed by atoms with Gasteiger partial charge < -0.3 is 0 Å². The molecule has 0 unspecified atom stereocenters. The van der Waals surface area contributed by atoms with Crippen molar-refractivity contribution >= 4 is 21.6 Å². The van der Waals surface area contributed by atoms with Gasteiger partial charge in [-0.15, -0.1) is 11.3 Å². The quantitative estimate of drug-likeness (QED) is 0.727. The largest absolute Gasteiger partial charge is 0.343 e. The van der Waals surface area contributed by atoms with Crippen molar-refractivity contribution in [2.75, 3.05) is 0 Å². The first-order valence-electron chi connectivity index (χ1n) is 8.92. The third kappa shape index (κ3) is 2.41. The molecule has 0 atom stereocenters. The number of nitrogens with zero attached hydrogens (tertiary/aromatic N) is 4. The molecule has 2 fully saturated rings.